The zero-order valence-corrected chi connectivity index (χ0v) is 15.0. The van der Waals surface area contributed by atoms with Crippen LogP contribution in [0.5, 0.6) is 0 Å². The van der Waals surface area contributed by atoms with Gasteiger partial charge in [0, 0.05) is 26.2 Å². The van der Waals surface area contributed by atoms with Crippen molar-refractivity contribution >= 4 is 33.4 Å². The molecule has 0 radical (unpaired) electrons. The van der Waals surface area contributed by atoms with E-state index in [9.17, 15) is 14.4 Å². The molecule has 134 valence electrons. The number of amides is 2. The van der Waals surface area contributed by atoms with Crippen LogP contribution in [0.2, 0.25) is 0 Å². The van der Waals surface area contributed by atoms with Gasteiger partial charge in [-0.05, 0) is 25.3 Å². The maximum absolute atomic E-state index is 12.7. The summed E-state index contributed by atoms with van der Waals surface area (Å²) in [6, 6.07) is 1.06. The molecule has 0 aliphatic carbocycles. The van der Waals surface area contributed by atoms with Crippen LogP contribution in [0.1, 0.15) is 19.9 Å². The summed E-state index contributed by atoms with van der Waals surface area (Å²) < 4.78 is 7.01. The summed E-state index contributed by atoms with van der Waals surface area (Å²) in [6.45, 7) is 5.43. The Morgan fingerprint density at radius 2 is 1.96 bits per heavy atom. The number of hydrogen-bond donors (Lipinski definition) is 0. The minimum atomic E-state index is -0.689. The molecule has 1 fully saturated rings. The summed E-state index contributed by atoms with van der Waals surface area (Å²) in [4.78, 5) is 40.2. The third kappa shape index (κ3) is 3.37. The standard InChI is InChI=1S/C16H20N4O4S/c1-3-24-16(23)19-7-5-18(6-8-19)14(21)11(2)20-15(22)12-4-9-25-13(12)10-17-20/h4,9-11H,3,5-8H2,1-2H3. The molecule has 9 heteroatoms. The van der Waals surface area contributed by atoms with E-state index in [0.29, 0.717) is 38.2 Å². The summed E-state index contributed by atoms with van der Waals surface area (Å²) in [7, 11) is 0. The van der Waals surface area contributed by atoms with Crippen molar-refractivity contribution in [2.45, 2.75) is 19.9 Å². The molecule has 0 bridgehead atoms. The zero-order chi connectivity index (χ0) is 18.0. The van der Waals surface area contributed by atoms with E-state index in [1.54, 1.807) is 35.9 Å². The van der Waals surface area contributed by atoms with Gasteiger partial charge in [0.25, 0.3) is 5.56 Å². The number of nitrogens with zero attached hydrogens (tertiary/aromatic N) is 4. The van der Waals surface area contributed by atoms with E-state index in [1.165, 1.54) is 16.0 Å². The van der Waals surface area contributed by atoms with Gasteiger partial charge >= 0.3 is 6.09 Å². The average Bonchev–Trinajstić information content (AvgIpc) is 3.11. The van der Waals surface area contributed by atoms with E-state index in [-0.39, 0.29) is 17.6 Å². The van der Waals surface area contributed by atoms with Crippen LogP contribution in [-0.2, 0) is 9.53 Å². The Balaban J connectivity index is 1.69. The molecule has 1 atom stereocenters. The van der Waals surface area contributed by atoms with Crippen molar-refractivity contribution in [1.82, 2.24) is 19.6 Å². The van der Waals surface area contributed by atoms with Crippen LogP contribution in [0.25, 0.3) is 10.1 Å². The Bertz CT molecular complexity index is 838. The highest BCUT2D eigenvalue weighted by molar-refractivity contribution is 7.17. The van der Waals surface area contributed by atoms with E-state index in [4.69, 9.17) is 4.74 Å². The van der Waals surface area contributed by atoms with Crippen LogP contribution in [0.3, 0.4) is 0 Å². The Labute approximate surface area is 148 Å². The molecule has 0 N–H and O–H groups in total. The minimum Gasteiger partial charge on any atom is -0.450 e. The Morgan fingerprint density at radius 3 is 2.64 bits per heavy atom. The van der Waals surface area contributed by atoms with Crippen LogP contribution in [0.4, 0.5) is 4.79 Å². The van der Waals surface area contributed by atoms with Crippen LogP contribution >= 0.6 is 11.3 Å². The number of piperazine rings is 1. The largest absolute Gasteiger partial charge is 0.450 e. The molecule has 2 aromatic heterocycles. The quantitative estimate of drug-likeness (QED) is 0.820. The number of fused-ring (bicyclic) bond motifs is 1. The van der Waals surface area contributed by atoms with E-state index >= 15 is 0 Å². The molecular formula is C16H20N4O4S. The highest BCUT2D eigenvalue weighted by Crippen LogP contribution is 2.17. The van der Waals surface area contributed by atoms with Crippen molar-refractivity contribution in [2.75, 3.05) is 32.8 Å². The van der Waals surface area contributed by atoms with Gasteiger partial charge in [-0.15, -0.1) is 11.3 Å². The molecule has 1 unspecified atom stereocenters. The van der Waals surface area contributed by atoms with Gasteiger partial charge in [-0.1, -0.05) is 0 Å². The number of hydrogen-bond acceptors (Lipinski definition) is 6. The lowest BCUT2D eigenvalue weighted by Gasteiger charge is -2.35. The molecule has 0 saturated carbocycles. The second-order valence-corrected chi connectivity index (χ2v) is 6.73. The lowest BCUT2D eigenvalue weighted by molar-refractivity contribution is -0.136. The van der Waals surface area contributed by atoms with Crippen molar-refractivity contribution in [3.63, 3.8) is 0 Å². The number of carbonyl (C=O) groups excluding carboxylic acids is 2. The van der Waals surface area contributed by atoms with E-state index < -0.39 is 6.04 Å². The fraction of sp³-hybridized carbons (Fsp3) is 0.500. The summed E-state index contributed by atoms with van der Waals surface area (Å²) in [6.07, 6.45) is 1.26. The average molecular weight is 364 g/mol. The first kappa shape index (κ1) is 17.4. The van der Waals surface area contributed by atoms with E-state index in [2.05, 4.69) is 5.10 Å². The SMILES string of the molecule is CCOC(=O)N1CCN(C(=O)C(C)n2ncc3sccc3c2=O)CC1. The molecule has 2 aromatic rings. The van der Waals surface area contributed by atoms with Gasteiger partial charge in [0.1, 0.15) is 6.04 Å². The molecule has 3 rings (SSSR count). The first-order valence-corrected chi connectivity index (χ1v) is 9.06. The van der Waals surface area contributed by atoms with E-state index in [1.807, 2.05) is 5.38 Å². The molecule has 25 heavy (non-hydrogen) atoms. The van der Waals surface area contributed by atoms with Gasteiger partial charge in [-0.3, -0.25) is 9.59 Å². The van der Waals surface area contributed by atoms with Crippen molar-refractivity contribution < 1.29 is 14.3 Å². The first-order chi connectivity index (χ1) is 12.0. The van der Waals surface area contributed by atoms with Gasteiger partial charge in [-0.2, -0.15) is 5.10 Å². The lowest BCUT2D eigenvalue weighted by atomic mass is 10.2. The lowest BCUT2D eigenvalue weighted by Crippen LogP contribution is -2.52. The van der Waals surface area contributed by atoms with Crippen molar-refractivity contribution in [3.05, 3.63) is 28.0 Å². The van der Waals surface area contributed by atoms with E-state index in [0.717, 1.165) is 4.70 Å². The molecule has 3 heterocycles. The third-order valence-corrected chi connectivity index (χ3v) is 5.13. The van der Waals surface area contributed by atoms with Crippen LogP contribution in [0.15, 0.2) is 22.4 Å². The second kappa shape index (κ2) is 7.22. The monoisotopic (exact) mass is 364 g/mol. The van der Waals surface area contributed by atoms with Crippen molar-refractivity contribution in [1.29, 1.82) is 0 Å². The van der Waals surface area contributed by atoms with Crippen LogP contribution in [-0.4, -0.2) is 64.4 Å². The second-order valence-electron chi connectivity index (χ2n) is 5.78. The molecule has 1 saturated heterocycles. The maximum atomic E-state index is 12.7. The highest BCUT2D eigenvalue weighted by atomic mass is 32.1. The number of carbonyl (C=O) groups is 2. The van der Waals surface area contributed by atoms with Gasteiger partial charge in [-0.25, -0.2) is 9.48 Å². The molecular weight excluding hydrogens is 344 g/mol. The maximum Gasteiger partial charge on any atom is 0.409 e. The number of aromatic nitrogens is 2. The normalized spacial score (nSPS) is 16.1. The van der Waals surface area contributed by atoms with Gasteiger partial charge in [0.05, 0.1) is 22.9 Å². The van der Waals surface area contributed by atoms with Gasteiger partial charge in [0.2, 0.25) is 5.91 Å². The summed E-state index contributed by atoms with van der Waals surface area (Å²) >= 11 is 1.44. The molecule has 0 spiro atoms. The van der Waals surface area contributed by atoms with Crippen molar-refractivity contribution in [3.8, 4) is 0 Å². The molecule has 1 aliphatic heterocycles. The number of thiophene rings is 1. The Hall–Kier alpha value is -2.42. The van der Waals surface area contributed by atoms with Gasteiger partial charge < -0.3 is 14.5 Å². The molecule has 1 aliphatic rings. The van der Waals surface area contributed by atoms with Crippen LogP contribution in [0, 0.1) is 0 Å². The zero-order valence-electron chi connectivity index (χ0n) is 14.2. The molecule has 0 aromatic carbocycles. The predicted octanol–water partition coefficient (Wildman–Crippen LogP) is 1.32. The minimum absolute atomic E-state index is 0.173. The molecule has 2 amide bonds. The summed E-state index contributed by atoms with van der Waals surface area (Å²) in [5.41, 5.74) is -0.259. The topological polar surface area (TPSA) is 84.7 Å². The summed E-state index contributed by atoms with van der Waals surface area (Å²) in [5.74, 6) is -0.173. The van der Waals surface area contributed by atoms with Crippen molar-refractivity contribution in [2.24, 2.45) is 0 Å². The van der Waals surface area contributed by atoms with Crippen LogP contribution < -0.4 is 5.56 Å². The first-order valence-electron chi connectivity index (χ1n) is 8.18. The Kier molecular flexibility index (Phi) is 5.03. The fourth-order valence-corrected chi connectivity index (χ4v) is 3.60. The summed E-state index contributed by atoms with van der Waals surface area (Å²) in [5, 5.41) is 6.55. The Morgan fingerprint density at radius 1 is 1.28 bits per heavy atom. The number of ether oxygens (including phenoxy) is 1. The predicted molar refractivity (Wildman–Crippen MR) is 93.8 cm³/mol. The smallest absolute Gasteiger partial charge is 0.409 e. The third-order valence-electron chi connectivity index (χ3n) is 4.27. The van der Waals surface area contributed by atoms with Gasteiger partial charge in [0.15, 0.2) is 0 Å². The fourth-order valence-electron chi connectivity index (χ4n) is 2.86. The highest BCUT2D eigenvalue weighted by Gasteiger charge is 2.29. The molecule has 8 nitrogen and oxygen atoms in total. The number of rotatable bonds is 3.